The molecule has 0 saturated carbocycles. The average Bonchev–Trinajstić information content (AvgIpc) is 3.19. The van der Waals surface area contributed by atoms with Crippen LogP contribution in [0.1, 0.15) is 11.3 Å². The van der Waals surface area contributed by atoms with E-state index in [4.69, 9.17) is 28.2 Å². The topological polar surface area (TPSA) is 53.5 Å². The molecule has 152 valence electrons. The molecular formula is C20H19Cl2N3O2S2. The maximum Gasteiger partial charge on any atom is 0.243 e. The number of halogens is 2. The summed E-state index contributed by atoms with van der Waals surface area (Å²) >= 11 is 13.5. The smallest absolute Gasteiger partial charge is 0.243 e. The van der Waals surface area contributed by atoms with Crippen LogP contribution >= 0.6 is 34.5 Å². The second kappa shape index (κ2) is 8.62. The van der Waals surface area contributed by atoms with Gasteiger partial charge in [-0.2, -0.15) is 4.31 Å². The van der Waals surface area contributed by atoms with Crippen molar-refractivity contribution >= 4 is 49.7 Å². The van der Waals surface area contributed by atoms with Crippen molar-refractivity contribution in [1.82, 2.24) is 9.29 Å². The highest BCUT2D eigenvalue weighted by molar-refractivity contribution is 7.89. The van der Waals surface area contributed by atoms with Gasteiger partial charge in [-0.25, -0.2) is 13.4 Å². The zero-order valence-electron chi connectivity index (χ0n) is 15.5. The lowest BCUT2D eigenvalue weighted by Crippen LogP contribution is -2.48. The summed E-state index contributed by atoms with van der Waals surface area (Å²) in [7, 11) is -3.60. The summed E-state index contributed by atoms with van der Waals surface area (Å²) in [6.07, 6.45) is 0.795. The molecule has 0 amide bonds. The molecule has 2 heterocycles. The van der Waals surface area contributed by atoms with E-state index >= 15 is 0 Å². The average molecular weight is 468 g/mol. The maximum atomic E-state index is 12.9. The molecule has 0 bridgehead atoms. The molecule has 1 saturated heterocycles. The summed E-state index contributed by atoms with van der Waals surface area (Å²) in [5.74, 6) is 0. The Balaban J connectivity index is 1.41. The minimum absolute atomic E-state index is 0.166. The van der Waals surface area contributed by atoms with Gasteiger partial charge in [0.2, 0.25) is 10.0 Å². The molecule has 2 aromatic carbocycles. The third kappa shape index (κ3) is 4.59. The molecule has 0 unspecified atom stereocenters. The van der Waals surface area contributed by atoms with Gasteiger partial charge in [0.15, 0.2) is 5.13 Å². The van der Waals surface area contributed by atoms with Crippen molar-refractivity contribution in [1.29, 1.82) is 0 Å². The van der Waals surface area contributed by atoms with E-state index in [1.54, 1.807) is 11.3 Å². The normalized spacial score (nSPS) is 15.6. The molecule has 1 fully saturated rings. The van der Waals surface area contributed by atoms with Crippen molar-refractivity contribution in [2.45, 2.75) is 11.3 Å². The number of piperazine rings is 1. The molecule has 5 nitrogen and oxygen atoms in total. The van der Waals surface area contributed by atoms with Gasteiger partial charge in [0, 0.05) is 38.0 Å². The Morgan fingerprint density at radius 3 is 2.38 bits per heavy atom. The van der Waals surface area contributed by atoms with Crippen molar-refractivity contribution in [3.05, 3.63) is 75.2 Å². The highest BCUT2D eigenvalue weighted by atomic mass is 35.5. The second-order valence-corrected chi connectivity index (χ2v) is 10.3. The minimum Gasteiger partial charge on any atom is -0.345 e. The maximum absolute atomic E-state index is 12.9. The van der Waals surface area contributed by atoms with E-state index in [2.05, 4.69) is 22.4 Å². The Morgan fingerprint density at radius 1 is 0.966 bits per heavy atom. The first-order valence-corrected chi connectivity index (χ1v) is 12.2. The second-order valence-electron chi connectivity index (χ2n) is 6.75. The van der Waals surface area contributed by atoms with Gasteiger partial charge >= 0.3 is 0 Å². The van der Waals surface area contributed by atoms with Crippen LogP contribution in [0.2, 0.25) is 10.0 Å². The molecule has 29 heavy (non-hydrogen) atoms. The molecule has 0 N–H and O–H groups in total. The van der Waals surface area contributed by atoms with Crippen LogP contribution in [-0.4, -0.2) is 43.9 Å². The first-order chi connectivity index (χ1) is 13.9. The van der Waals surface area contributed by atoms with Gasteiger partial charge in [0.05, 0.1) is 20.6 Å². The molecule has 9 heteroatoms. The van der Waals surface area contributed by atoms with Gasteiger partial charge in [-0.15, -0.1) is 11.3 Å². The van der Waals surface area contributed by atoms with Crippen molar-refractivity contribution in [3.63, 3.8) is 0 Å². The van der Waals surface area contributed by atoms with Gasteiger partial charge in [-0.3, -0.25) is 0 Å². The Hall–Kier alpha value is -1.64. The largest absolute Gasteiger partial charge is 0.345 e. The van der Waals surface area contributed by atoms with Gasteiger partial charge in [-0.05, 0) is 23.8 Å². The minimum atomic E-state index is -3.60. The summed E-state index contributed by atoms with van der Waals surface area (Å²) in [6.45, 7) is 1.99. The summed E-state index contributed by atoms with van der Waals surface area (Å²) < 4.78 is 27.3. The van der Waals surface area contributed by atoms with Crippen LogP contribution in [-0.2, 0) is 16.4 Å². The highest BCUT2D eigenvalue weighted by Gasteiger charge is 2.29. The van der Waals surface area contributed by atoms with Gasteiger partial charge in [0.25, 0.3) is 0 Å². The number of thiazole rings is 1. The van der Waals surface area contributed by atoms with E-state index in [9.17, 15) is 8.42 Å². The molecular weight excluding hydrogens is 449 g/mol. The molecule has 1 aliphatic heterocycles. The SMILES string of the molecule is O=S(=O)(c1ccc(Cl)c(Cl)c1)N1CCN(c2nc(Cc3ccccc3)cs2)CC1. The van der Waals surface area contributed by atoms with E-state index in [1.165, 1.54) is 28.1 Å². The number of anilines is 1. The Morgan fingerprint density at radius 2 is 1.69 bits per heavy atom. The fourth-order valence-electron chi connectivity index (χ4n) is 3.23. The van der Waals surface area contributed by atoms with Crippen LogP contribution in [0.5, 0.6) is 0 Å². The number of hydrogen-bond acceptors (Lipinski definition) is 5. The molecule has 0 aliphatic carbocycles. The number of nitrogens with zero attached hydrogens (tertiary/aromatic N) is 3. The molecule has 4 rings (SSSR count). The van der Waals surface area contributed by atoms with Crippen molar-refractivity contribution in [2.24, 2.45) is 0 Å². The van der Waals surface area contributed by atoms with Crippen LogP contribution in [0.4, 0.5) is 5.13 Å². The number of aromatic nitrogens is 1. The standard InChI is InChI=1S/C20H19Cl2N3O2S2/c21-18-7-6-17(13-19(18)22)29(26,27)25-10-8-24(9-11-25)20-23-16(14-28-20)12-15-4-2-1-3-5-15/h1-7,13-14H,8-12H2. The lowest BCUT2D eigenvalue weighted by Gasteiger charge is -2.33. The van der Waals surface area contributed by atoms with E-state index in [0.717, 1.165) is 17.2 Å². The first-order valence-electron chi connectivity index (χ1n) is 9.12. The lowest BCUT2D eigenvalue weighted by molar-refractivity contribution is 0.384. The van der Waals surface area contributed by atoms with E-state index in [0.29, 0.717) is 31.2 Å². The highest BCUT2D eigenvalue weighted by Crippen LogP contribution is 2.28. The molecule has 0 spiro atoms. The summed E-state index contributed by atoms with van der Waals surface area (Å²) in [5.41, 5.74) is 2.25. The van der Waals surface area contributed by atoms with Gasteiger partial charge in [0.1, 0.15) is 0 Å². The third-order valence-electron chi connectivity index (χ3n) is 4.81. The zero-order chi connectivity index (χ0) is 20.4. The van der Waals surface area contributed by atoms with Gasteiger partial charge < -0.3 is 4.90 Å². The Kier molecular flexibility index (Phi) is 6.13. The summed E-state index contributed by atoms with van der Waals surface area (Å²) in [6, 6.07) is 14.6. The van der Waals surface area contributed by atoms with Crippen molar-refractivity contribution in [3.8, 4) is 0 Å². The molecule has 0 atom stereocenters. The van der Waals surface area contributed by atoms with Crippen LogP contribution in [0.25, 0.3) is 0 Å². The van der Waals surface area contributed by atoms with Crippen LogP contribution < -0.4 is 4.90 Å². The van der Waals surface area contributed by atoms with Crippen LogP contribution in [0.3, 0.4) is 0 Å². The molecule has 1 aromatic heterocycles. The van der Waals surface area contributed by atoms with E-state index < -0.39 is 10.0 Å². The van der Waals surface area contributed by atoms with Gasteiger partial charge in [-0.1, -0.05) is 53.5 Å². The number of rotatable bonds is 5. The monoisotopic (exact) mass is 467 g/mol. The Labute approximate surface area is 184 Å². The first kappa shape index (κ1) is 20.6. The number of benzene rings is 2. The van der Waals surface area contributed by atoms with E-state index in [-0.39, 0.29) is 9.92 Å². The summed E-state index contributed by atoms with van der Waals surface area (Å²) in [5, 5.41) is 3.58. The fourth-order valence-corrected chi connectivity index (χ4v) is 5.92. The van der Waals surface area contributed by atoms with E-state index in [1.807, 2.05) is 18.2 Å². The Bertz CT molecular complexity index is 1100. The zero-order valence-corrected chi connectivity index (χ0v) is 18.6. The number of hydrogen-bond donors (Lipinski definition) is 0. The predicted octanol–water partition coefficient (Wildman–Crippen LogP) is 4.55. The predicted molar refractivity (Wildman–Crippen MR) is 119 cm³/mol. The lowest BCUT2D eigenvalue weighted by atomic mass is 10.1. The van der Waals surface area contributed by atoms with Crippen LogP contribution in [0, 0.1) is 0 Å². The quantitative estimate of drug-likeness (QED) is 0.551. The number of sulfonamides is 1. The van der Waals surface area contributed by atoms with Crippen molar-refractivity contribution in [2.75, 3.05) is 31.1 Å². The molecule has 0 radical (unpaired) electrons. The molecule has 1 aliphatic rings. The third-order valence-corrected chi connectivity index (χ3v) is 8.39. The van der Waals surface area contributed by atoms with Crippen LogP contribution in [0.15, 0.2) is 58.8 Å². The molecule has 3 aromatic rings. The summed E-state index contributed by atoms with van der Waals surface area (Å²) in [4.78, 5) is 7.05. The fraction of sp³-hybridized carbons (Fsp3) is 0.250. The van der Waals surface area contributed by atoms with Crippen molar-refractivity contribution < 1.29 is 8.42 Å².